The Balaban J connectivity index is 4.08. The Morgan fingerprint density at radius 1 is 0.423 bits per heavy atom. The van der Waals surface area contributed by atoms with Crippen LogP contribution in [0.4, 0.5) is 0 Å². The first-order valence-corrected chi connectivity index (χ1v) is 36.2. The second-order valence-corrected chi connectivity index (χ2v) is 26.7. The van der Waals surface area contributed by atoms with E-state index in [1.165, 1.54) is 302 Å². The zero-order valence-corrected chi connectivity index (χ0v) is 54.1. The fraction of sp³-hybridized carbons (Fsp3) is 0.928. The Bertz CT molecular complexity index is 1320. The number of phosphoric acid groups is 1. The van der Waals surface area contributed by atoms with Crippen molar-refractivity contribution in [3.8, 4) is 0 Å². The van der Waals surface area contributed by atoms with Gasteiger partial charge in [-0.2, -0.15) is 0 Å². The molecule has 0 saturated heterocycles. The van der Waals surface area contributed by atoms with E-state index in [4.69, 9.17) is 9.05 Å². The maximum absolute atomic E-state index is 13.0. The van der Waals surface area contributed by atoms with Crippen LogP contribution < -0.4 is 5.32 Å². The summed E-state index contributed by atoms with van der Waals surface area (Å²) in [6.45, 7) is 4.86. The maximum Gasteiger partial charge on any atom is 0.472 e. The molecular weight excluding hydrogens is 984 g/mol. The van der Waals surface area contributed by atoms with Crippen molar-refractivity contribution in [2.45, 2.75) is 373 Å². The molecule has 3 atom stereocenters. The highest BCUT2D eigenvalue weighted by atomic mass is 31.2. The summed E-state index contributed by atoms with van der Waals surface area (Å²) in [6.07, 6.45) is 79.1. The average molecular weight is 1120 g/mol. The number of likely N-dealkylation sites (N-methyl/N-ethyl adjacent to an activating group) is 1. The second kappa shape index (κ2) is 60.6. The van der Waals surface area contributed by atoms with Crippen LogP contribution in [-0.4, -0.2) is 73.4 Å². The average Bonchev–Trinajstić information content (AvgIpc) is 3.41. The van der Waals surface area contributed by atoms with Crippen molar-refractivity contribution < 1.29 is 32.9 Å². The van der Waals surface area contributed by atoms with Crippen molar-refractivity contribution in [1.29, 1.82) is 0 Å². The minimum absolute atomic E-state index is 0.0591. The van der Waals surface area contributed by atoms with E-state index in [1.807, 2.05) is 27.2 Å². The van der Waals surface area contributed by atoms with E-state index in [0.717, 1.165) is 38.5 Å². The van der Waals surface area contributed by atoms with E-state index in [9.17, 15) is 19.4 Å². The van der Waals surface area contributed by atoms with Crippen molar-refractivity contribution in [3.63, 3.8) is 0 Å². The molecule has 464 valence electrons. The van der Waals surface area contributed by atoms with Gasteiger partial charge in [0.15, 0.2) is 0 Å². The predicted octanol–water partition coefficient (Wildman–Crippen LogP) is 21.9. The highest BCUT2D eigenvalue weighted by Gasteiger charge is 2.28. The van der Waals surface area contributed by atoms with Gasteiger partial charge < -0.3 is 19.8 Å². The molecular formula is C69H138N2O6P+. The van der Waals surface area contributed by atoms with Gasteiger partial charge in [0.2, 0.25) is 5.91 Å². The minimum atomic E-state index is -4.36. The van der Waals surface area contributed by atoms with Gasteiger partial charge in [-0.1, -0.05) is 346 Å². The number of aliphatic hydroxyl groups excluding tert-OH is 1. The first-order chi connectivity index (χ1) is 38.0. The number of carbonyl (C=O) groups is 1. The molecule has 0 heterocycles. The molecule has 0 aliphatic carbocycles. The van der Waals surface area contributed by atoms with Crippen LogP contribution in [0.25, 0.3) is 0 Å². The number of rotatable bonds is 65. The van der Waals surface area contributed by atoms with Gasteiger partial charge in [0.05, 0.1) is 39.9 Å². The van der Waals surface area contributed by atoms with Gasteiger partial charge in [0, 0.05) is 6.42 Å². The van der Waals surface area contributed by atoms with Crippen LogP contribution in [0.5, 0.6) is 0 Å². The number of amides is 1. The van der Waals surface area contributed by atoms with Crippen LogP contribution in [0, 0.1) is 0 Å². The molecule has 78 heavy (non-hydrogen) atoms. The van der Waals surface area contributed by atoms with Crippen LogP contribution in [-0.2, 0) is 18.4 Å². The summed E-state index contributed by atoms with van der Waals surface area (Å²) < 4.78 is 23.8. The van der Waals surface area contributed by atoms with E-state index in [2.05, 4.69) is 31.3 Å². The molecule has 1 amide bonds. The van der Waals surface area contributed by atoms with Gasteiger partial charge in [0.25, 0.3) is 0 Å². The molecule has 0 spiro atoms. The summed E-state index contributed by atoms with van der Waals surface area (Å²) in [4.78, 5) is 23.4. The molecule has 0 rings (SSSR count). The van der Waals surface area contributed by atoms with Gasteiger partial charge in [-0.05, 0) is 32.1 Å². The van der Waals surface area contributed by atoms with Crippen molar-refractivity contribution in [1.82, 2.24) is 5.32 Å². The SMILES string of the molecule is CCCCCCCCCCCCCCCCCCCCCCCCCCC/C=C/CC/C=C/C(O)C(COP(=O)(O)OCC[N+](C)(C)C)NC(=O)CCCCCCCCCCCCCCCCCCCCCCCCCCC. The zero-order valence-electron chi connectivity index (χ0n) is 53.2. The predicted molar refractivity (Wildman–Crippen MR) is 342 cm³/mol. The summed E-state index contributed by atoms with van der Waals surface area (Å²) in [5.74, 6) is -0.178. The van der Waals surface area contributed by atoms with Crippen molar-refractivity contribution in [3.05, 3.63) is 24.3 Å². The third kappa shape index (κ3) is 62.6. The number of allylic oxidation sites excluding steroid dienone is 3. The van der Waals surface area contributed by atoms with E-state index in [-0.39, 0.29) is 19.1 Å². The Kier molecular flexibility index (Phi) is 59.8. The van der Waals surface area contributed by atoms with Gasteiger partial charge in [-0.15, -0.1) is 0 Å². The molecule has 3 N–H and O–H groups in total. The lowest BCUT2D eigenvalue weighted by Gasteiger charge is -2.25. The Hall–Kier alpha value is -1.02. The summed E-state index contributed by atoms with van der Waals surface area (Å²) in [6, 6.07) is -0.862. The Labute approximate surface area is 487 Å². The lowest BCUT2D eigenvalue weighted by Crippen LogP contribution is -2.45. The van der Waals surface area contributed by atoms with E-state index in [0.29, 0.717) is 17.4 Å². The first kappa shape index (κ1) is 77.0. The number of quaternary nitrogens is 1. The standard InChI is InChI=1S/C69H137N2O6P/c1-6-8-10-12-14-16-18-20-22-24-26-28-30-32-33-34-35-36-37-39-40-42-44-46-48-50-52-54-56-58-60-62-68(72)67(66-77-78(74,75)76-65-64-71(3,4)5)70-69(73)63-61-59-57-55-53-51-49-47-45-43-41-38-31-29-27-25-23-21-19-17-15-13-11-9-7-2/h52,54,60,62,67-68,72H,6-51,53,55-59,61,63-66H2,1-5H3,(H-,70,73,74,75)/p+1/b54-52+,62-60+. The topological polar surface area (TPSA) is 105 Å². The lowest BCUT2D eigenvalue weighted by molar-refractivity contribution is -0.870. The normalized spacial score (nSPS) is 13.8. The largest absolute Gasteiger partial charge is 0.472 e. The van der Waals surface area contributed by atoms with Gasteiger partial charge in [0.1, 0.15) is 13.2 Å². The molecule has 0 aromatic rings. The molecule has 0 fully saturated rings. The van der Waals surface area contributed by atoms with Crippen molar-refractivity contribution in [2.24, 2.45) is 0 Å². The molecule has 0 radical (unpaired) electrons. The van der Waals surface area contributed by atoms with Crippen LogP contribution in [0.15, 0.2) is 24.3 Å². The van der Waals surface area contributed by atoms with Crippen LogP contribution in [0.2, 0.25) is 0 Å². The molecule has 0 bridgehead atoms. The molecule has 0 aromatic carbocycles. The quantitative estimate of drug-likeness (QED) is 0.0243. The second-order valence-electron chi connectivity index (χ2n) is 25.3. The molecule has 0 aromatic heterocycles. The molecule has 0 aliphatic rings. The minimum Gasteiger partial charge on any atom is -0.387 e. The van der Waals surface area contributed by atoms with E-state index in [1.54, 1.807) is 6.08 Å². The number of hydrogen-bond donors (Lipinski definition) is 3. The van der Waals surface area contributed by atoms with Crippen molar-refractivity contribution in [2.75, 3.05) is 40.9 Å². The smallest absolute Gasteiger partial charge is 0.387 e. The van der Waals surface area contributed by atoms with Gasteiger partial charge in [-0.25, -0.2) is 4.57 Å². The summed E-state index contributed by atoms with van der Waals surface area (Å²) in [5, 5.41) is 14.0. The summed E-state index contributed by atoms with van der Waals surface area (Å²) in [7, 11) is 1.57. The molecule has 3 unspecified atom stereocenters. The number of nitrogens with zero attached hydrogens (tertiary/aromatic N) is 1. The Morgan fingerprint density at radius 2 is 0.705 bits per heavy atom. The molecule has 9 heteroatoms. The number of nitrogens with one attached hydrogen (secondary N) is 1. The van der Waals surface area contributed by atoms with Crippen LogP contribution in [0.3, 0.4) is 0 Å². The van der Waals surface area contributed by atoms with E-state index >= 15 is 0 Å². The van der Waals surface area contributed by atoms with Crippen molar-refractivity contribution >= 4 is 13.7 Å². The van der Waals surface area contributed by atoms with Crippen LogP contribution >= 0.6 is 7.82 Å². The van der Waals surface area contributed by atoms with Crippen LogP contribution in [0.1, 0.15) is 361 Å². The first-order valence-electron chi connectivity index (χ1n) is 34.7. The third-order valence-electron chi connectivity index (χ3n) is 16.2. The number of hydrogen-bond acceptors (Lipinski definition) is 5. The lowest BCUT2D eigenvalue weighted by atomic mass is 10.0. The molecule has 0 saturated carbocycles. The fourth-order valence-corrected chi connectivity index (χ4v) is 11.5. The highest BCUT2D eigenvalue weighted by Crippen LogP contribution is 2.43. The Morgan fingerprint density at radius 3 is 1.03 bits per heavy atom. The van der Waals surface area contributed by atoms with E-state index < -0.39 is 20.0 Å². The fourth-order valence-electron chi connectivity index (χ4n) is 10.8. The van der Waals surface area contributed by atoms with Gasteiger partial charge >= 0.3 is 7.82 Å². The maximum atomic E-state index is 13.0. The zero-order chi connectivity index (χ0) is 57.0. The molecule has 0 aliphatic heterocycles. The number of phosphoric ester groups is 1. The third-order valence-corrected chi connectivity index (χ3v) is 17.2. The number of carbonyl (C=O) groups excluding carboxylic acids is 1. The summed E-state index contributed by atoms with van der Waals surface area (Å²) in [5.41, 5.74) is 0. The number of unbranched alkanes of at least 4 members (excludes halogenated alkanes) is 50. The monoisotopic (exact) mass is 1120 g/mol. The number of aliphatic hydroxyl groups is 1. The summed E-state index contributed by atoms with van der Waals surface area (Å²) >= 11 is 0. The van der Waals surface area contributed by atoms with Gasteiger partial charge in [-0.3, -0.25) is 13.8 Å². The molecule has 8 nitrogen and oxygen atoms in total. The highest BCUT2D eigenvalue weighted by molar-refractivity contribution is 7.47.